The van der Waals surface area contributed by atoms with Crippen molar-refractivity contribution in [2.24, 2.45) is 0 Å². The molecule has 3 nitrogen and oxygen atoms in total. The van der Waals surface area contributed by atoms with E-state index in [9.17, 15) is 0 Å². The minimum atomic E-state index is 0.238. The Bertz CT molecular complexity index is 659. The SMILES string of the molecule is COc1ccc(C#N)cc1CNC(C)c1ccccc1C. The molecule has 2 aromatic rings. The summed E-state index contributed by atoms with van der Waals surface area (Å²) in [6.45, 7) is 4.92. The summed E-state index contributed by atoms with van der Waals surface area (Å²) in [5.74, 6) is 0.804. The molecule has 0 aliphatic heterocycles. The number of ether oxygens (including phenoxy) is 1. The topological polar surface area (TPSA) is 45.0 Å². The van der Waals surface area contributed by atoms with Crippen molar-refractivity contribution in [2.75, 3.05) is 7.11 Å². The predicted octanol–water partition coefficient (Wildman–Crippen LogP) is 3.73. The number of nitrogens with one attached hydrogen (secondary N) is 1. The van der Waals surface area contributed by atoms with Crippen LogP contribution in [0.25, 0.3) is 0 Å². The maximum Gasteiger partial charge on any atom is 0.123 e. The van der Waals surface area contributed by atoms with E-state index in [1.54, 1.807) is 13.2 Å². The Balaban J connectivity index is 2.13. The number of methoxy groups -OCH3 is 1. The van der Waals surface area contributed by atoms with Gasteiger partial charge in [-0.15, -0.1) is 0 Å². The summed E-state index contributed by atoms with van der Waals surface area (Å²) < 4.78 is 5.36. The van der Waals surface area contributed by atoms with Crippen molar-refractivity contribution in [3.8, 4) is 11.8 Å². The molecule has 0 amide bonds. The minimum Gasteiger partial charge on any atom is -0.496 e. The van der Waals surface area contributed by atoms with Gasteiger partial charge in [0.25, 0.3) is 0 Å². The lowest BCUT2D eigenvalue weighted by molar-refractivity contribution is 0.406. The standard InChI is InChI=1S/C18H20N2O/c1-13-6-4-5-7-17(13)14(2)20-12-16-10-15(11-19)8-9-18(16)21-3/h4-10,14,20H,12H2,1-3H3. The van der Waals surface area contributed by atoms with Gasteiger partial charge in [-0.25, -0.2) is 0 Å². The monoisotopic (exact) mass is 280 g/mol. The number of nitriles is 1. The fourth-order valence-corrected chi connectivity index (χ4v) is 2.43. The molecular weight excluding hydrogens is 260 g/mol. The van der Waals surface area contributed by atoms with Crippen molar-refractivity contribution in [2.45, 2.75) is 26.4 Å². The largest absolute Gasteiger partial charge is 0.496 e. The van der Waals surface area contributed by atoms with E-state index in [-0.39, 0.29) is 6.04 Å². The molecule has 0 bridgehead atoms. The van der Waals surface area contributed by atoms with Gasteiger partial charge in [0.1, 0.15) is 5.75 Å². The van der Waals surface area contributed by atoms with E-state index in [1.165, 1.54) is 11.1 Å². The van der Waals surface area contributed by atoms with Crippen LogP contribution in [0.4, 0.5) is 0 Å². The van der Waals surface area contributed by atoms with E-state index < -0.39 is 0 Å². The van der Waals surface area contributed by atoms with Crippen LogP contribution in [-0.2, 0) is 6.54 Å². The fraction of sp³-hybridized carbons (Fsp3) is 0.278. The molecule has 0 spiro atoms. The Kier molecular flexibility index (Phi) is 4.97. The Hall–Kier alpha value is -2.31. The summed E-state index contributed by atoms with van der Waals surface area (Å²) in [4.78, 5) is 0. The Labute approximate surface area is 126 Å². The van der Waals surface area contributed by atoms with Gasteiger partial charge in [0.05, 0.1) is 18.7 Å². The summed E-state index contributed by atoms with van der Waals surface area (Å²) in [5, 5.41) is 12.5. The van der Waals surface area contributed by atoms with Gasteiger partial charge in [0, 0.05) is 18.2 Å². The van der Waals surface area contributed by atoms with Crippen LogP contribution in [0.1, 0.15) is 35.2 Å². The number of aryl methyl sites for hydroxylation is 1. The van der Waals surface area contributed by atoms with Gasteiger partial charge in [-0.2, -0.15) is 5.26 Å². The minimum absolute atomic E-state index is 0.238. The zero-order valence-corrected chi connectivity index (χ0v) is 12.7. The van der Waals surface area contributed by atoms with Crippen LogP contribution in [0.2, 0.25) is 0 Å². The van der Waals surface area contributed by atoms with E-state index in [1.807, 2.05) is 18.2 Å². The van der Waals surface area contributed by atoms with Crippen molar-refractivity contribution in [1.29, 1.82) is 5.26 Å². The highest BCUT2D eigenvalue weighted by atomic mass is 16.5. The number of nitrogens with zero attached hydrogens (tertiary/aromatic N) is 1. The maximum atomic E-state index is 9.01. The van der Waals surface area contributed by atoms with Gasteiger partial charge in [-0.1, -0.05) is 24.3 Å². The highest BCUT2D eigenvalue weighted by Gasteiger charge is 2.10. The molecule has 0 aromatic heterocycles. The second-order valence-corrected chi connectivity index (χ2v) is 5.10. The van der Waals surface area contributed by atoms with Gasteiger partial charge in [-0.3, -0.25) is 0 Å². The smallest absolute Gasteiger partial charge is 0.123 e. The van der Waals surface area contributed by atoms with Crippen LogP contribution in [0, 0.1) is 18.3 Å². The first-order valence-electron chi connectivity index (χ1n) is 7.01. The molecule has 0 aliphatic carbocycles. The predicted molar refractivity (Wildman–Crippen MR) is 84.1 cm³/mol. The van der Waals surface area contributed by atoms with E-state index in [0.29, 0.717) is 12.1 Å². The van der Waals surface area contributed by atoms with Crippen molar-refractivity contribution in [3.05, 3.63) is 64.7 Å². The normalized spacial score (nSPS) is 11.7. The lowest BCUT2D eigenvalue weighted by Crippen LogP contribution is -2.19. The van der Waals surface area contributed by atoms with Gasteiger partial charge in [0.2, 0.25) is 0 Å². The molecule has 108 valence electrons. The average molecular weight is 280 g/mol. The third kappa shape index (κ3) is 3.62. The maximum absolute atomic E-state index is 9.01. The summed E-state index contributed by atoms with van der Waals surface area (Å²) >= 11 is 0. The molecule has 21 heavy (non-hydrogen) atoms. The van der Waals surface area contributed by atoms with Crippen LogP contribution in [0.15, 0.2) is 42.5 Å². The van der Waals surface area contributed by atoms with E-state index in [2.05, 4.69) is 43.4 Å². The van der Waals surface area contributed by atoms with Crippen LogP contribution >= 0.6 is 0 Å². The molecule has 1 atom stereocenters. The summed E-state index contributed by atoms with van der Waals surface area (Å²) in [5.41, 5.74) is 4.20. The van der Waals surface area contributed by atoms with Gasteiger partial charge in [-0.05, 0) is 43.2 Å². The van der Waals surface area contributed by atoms with Crippen molar-refractivity contribution in [1.82, 2.24) is 5.32 Å². The van der Waals surface area contributed by atoms with Gasteiger partial charge >= 0.3 is 0 Å². The van der Waals surface area contributed by atoms with Crippen LogP contribution in [0.5, 0.6) is 5.75 Å². The molecule has 1 N–H and O–H groups in total. The summed E-state index contributed by atoms with van der Waals surface area (Å²) in [7, 11) is 1.65. The van der Waals surface area contributed by atoms with Crippen LogP contribution in [-0.4, -0.2) is 7.11 Å². The summed E-state index contributed by atoms with van der Waals surface area (Å²) in [6.07, 6.45) is 0. The average Bonchev–Trinajstić information content (AvgIpc) is 2.52. The number of benzene rings is 2. The lowest BCUT2D eigenvalue weighted by Gasteiger charge is -2.17. The van der Waals surface area contributed by atoms with Crippen LogP contribution < -0.4 is 10.1 Å². The molecule has 0 aliphatic rings. The number of hydrogen-bond acceptors (Lipinski definition) is 3. The molecule has 1 unspecified atom stereocenters. The Morgan fingerprint density at radius 1 is 1.24 bits per heavy atom. The first-order chi connectivity index (χ1) is 10.2. The molecule has 0 saturated heterocycles. The quantitative estimate of drug-likeness (QED) is 0.907. The number of hydrogen-bond donors (Lipinski definition) is 1. The number of rotatable bonds is 5. The molecule has 0 radical (unpaired) electrons. The molecular formula is C18H20N2O. The first-order valence-corrected chi connectivity index (χ1v) is 7.01. The van der Waals surface area contributed by atoms with Crippen molar-refractivity contribution >= 4 is 0 Å². The molecule has 0 fully saturated rings. The molecule has 3 heteroatoms. The third-order valence-corrected chi connectivity index (χ3v) is 3.66. The van der Waals surface area contributed by atoms with E-state index >= 15 is 0 Å². The van der Waals surface area contributed by atoms with Crippen molar-refractivity contribution in [3.63, 3.8) is 0 Å². The van der Waals surface area contributed by atoms with Crippen molar-refractivity contribution < 1.29 is 4.74 Å². The zero-order chi connectivity index (χ0) is 15.2. The Morgan fingerprint density at radius 3 is 2.67 bits per heavy atom. The van der Waals surface area contributed by atoms with Crippen LogP contribution in [0.3, 0.4) is 0 Å². The highest BCUT2D eigenvalue weighted by Crippen LogP contribution is 2.22. The third-order valence-electron chi connectivity index (χ3n) is 3.66. The fourth-order valence-electron chi connectivity index (χ4n) is 2.43. The first kappa shape index (κ1) is 15.1. The van der Waals surface area contributed by atoms with Gasteiger partial charge in [0.15, 0.2) is 0 Å². The van der Waals surface area contributed by atoms with E-state index in [0.717, 1.165) is 11.3 Å². The zero-order valence-electron chi connectivity index (χ0n) is 12.7. The molecule has 2 rings (SSSR count). The highest BCUT2D eigenvalue weighted by molar-refractivity contribution is 5.42. The Morgan fingerprint density at radius 2 is 2.00 bits per heavy atom. The van der Waals surface area contributed by atoms with E-state index in [4.69, 9.17) is 10.00 Å². The molecule has 2 aromatic carbocycles. The lowest BCUT2D eigenvalue weighted by atomic mass is 10.0. The molecule has 0 saturated carbocycles. The second kappa shape index (κ2) is 6.92. The van der Waals surface area contributed by atoms with Gasteiger partial charge < -0.3 is 10.1 Å². The second-order valence-electron chi connectivity index (χ2n) is 5.10. The molecule has 0 heterocycles. The summed E-state index contributed by atoms with van der Waals surface area (Å²) in [6, 6.07) is 16.2.